The number of pyridine rings is 1. The minimum atomic E-state index is -3.97. The maximum atomic E-state index is 12.7. The fourth-order valence-electron chi connectivity index (χ4n) is 5.31. The average molecular weight is 565 g/mol. The molecule has 2 heterocycles. The number of ether oxygens (including phenoxy) is 1. The quantitative estimate of drug-likeness (QED) is 0.308. The van der Waals surface area contributed by atoms with E-state index >= 15 is 0 Å². The summed E-state index contributed by atoms with van der Waals surface area (Å²) >= 11 is 0. The fourth-order valence-corrected chi connectivity index (χ4v) is 6.22. The number of carbonyl (C=O) groups excluding carboxylic acids is 1. The molecule has 3 aromatic rings. The molecular weight excluding hydrogens is 528 g/mol. The predicted octanol–water partition coefficient (Wildman–Crippen LogP) is 4.09. The lowest BCUT2D eigenvalue weighted by Gasteiger charge is -2.27. The smallest absolute Gasteiger partial charge is 0.328 e. The average Bonchev–Trinajstić information content (AvgIpc) is 2.97. The van der Waals surface area contributed by atoms with Crippen molar-refractivity contribution in [3.63, 3.8) is 0 Å². The van der Waals surface area contributed by atoms with Crippen molar-refractivity contribution in [2.24, 2.45) is 0 Å². The van der Waals surface area contributed by atoms with E-state index in [9.17, 15) is 18.3 Å². The molecule has 2 unspecified atom stereocenters. The molecular formula is C30H36N4O5S. The number of benzene rings is 2. The van der Waals surface area contributed by atoms with Crippen LogP contribution in [-0.4, -0.2) is 49.8 Å². The lowest BCUT2D eigenvalue weighted by Crippen LogP contribution is -2.45. The molecule has 40 heavy (non-hydrogen) atoms. The number of aryl methyl sites for hydroxylation is 1. The molecule has 1 aliphatic carbocycles. The summed E-state index contributed by atoms with van der Waals surface area (Å²) in [5.41, 5.74) is 3.72. The summed E-state index contributed by atoms with van der Waals surface area (Å²) in [5, 5.41) is 16.4. The molecule has 5 rings (SSSR count). The van der Waals surface area contributed by atoms with Gasteiger partial charge in [-0.05, 0) is 72.7 Å². The highest BCUT2D eigenvalue weighted by atomic mass is 32.2. The summed E-state index contributed by atoms with van der Waals surface area (Å²) in [6.45, 7) is 1.05. The number of nitrogens with zero attached hydrogens (tertiary/aromatic N) is 1. The second kappa shape index (κ2) is 12.8. The van der Waals surface area contributed by atoms with Crippen molar-refractivity contribution in [1.29, 1.82) is 0 Å². The van der Waals surface area contributed by atoms with Crippen LogP contribution in [0.3, 0.4) is 0 Å². The van der Waals surface area contributed by atoms with Crippen LogP contribution in [0.15, 0.2) is 71.9 Å². The number of hydrogen-bond donors (Lipinski definition) is 4. The van der Waals surface area contributed by atoms with E-state index in [-0.39, 0.29) is 17.0 Å². The molecule has 0 spiro atoms. The van der Waals surface area contributed by atoms with Crippen LogP contribution in [0, 0.1) is 0 Å². The van der Waals surface area contributed by atoms with Crippen LogP contribution in [0.4, 0.5) is 4.79 Å². The Labute approximate surface area is 235 Å². The molecule has 2 aliphatic rings. The number of aliphatic hydroxyl groups excluding tert-OH is 1. The Morgan fingerprint density at radius 2 is 1.80 bits per heavy atom. The Hall–Kier alpha value is -3.47. The second-order valence-electron chi connectivity index (χ2n) is 10.5. The van der Waals surface area contributed by atoms with Gasteiger partial charge in [0, 0.05) is 37.1 Å². The standard InChI is InChI=1S/C30H36N4O5S/c35-28(24-5-4-16-31-18-24)20-32-19-26-12-8-23-17-22(11-15-29(23)39-26)21-9-13-27(14-10-21)40(37,38)34-30(36)33-25-6-2-1-3-7-25/h4-5,9-11,13-18,25-26,28,32,35H,1-3,6-8,12,19-20H2,(H2,33,34,36). The number of urea groups is 1. The molecule has 1 fully saturated rings. The Kier molecular flexibility index (Phi) is 8.98. The van der Waals surface area contributed by atoms with E-state index in [1.807, 2.05) is 18.2 Å². The molecule has 0 radical (unpaired) electrons. The maximum absolute atomic E-state index is 12.7. The number of rotatable bonds is 9. The maximum Gasteiger partial charge on any atom is 0.328 e. The van der Waals surface area contributed by atoms with Crippen molar-refractivity contribution in [1.82, 2.24) is 20.3 Å². The summed E-state index contributed by atoms with van der Waals surface area (Å²) in [5.74, 6) is 0.835. The van der Waals surface area contributed by atoms with E-state index in [1.165, 1.54) is 12.1 Å². The highest BCUT2D eigenvalue weighted by Gasteiger charge is 2.23. The van der Waals surface area contributed by atoms with Crippen LogP contribution < -0.4 is 20.1 Å². The zero-order valence-corrected chi connectivity index (χ0v) is 23.2. The van der Waals surface area contributed by atoms with Gasteiger partial charge in [-0.25, -0.2) is 17.9 Å². The first-order valence-electron chi connectivity index (χ1n) is 13.9. The molecule has 1 aliphatic heterocycles. The molecule has 2 atom stereocenters. The summed E-state index contributed by atoms with van der Waals surface area (Å²) in [6, 6.07) is 15.5. The molecule has 0 bridgehead atoms. The number of nitrogens with one attached hydrogen (secondary N) is 3. The van der Waals surface area contributed by atoms with Gasteiger partial charge in [-0.3, -0.25) is 4.98 Å². The van der Waals surface area contributed by atoms with Crippen LogP contribution in [0.2, 0.25) is 0 Å². The number of aliphatic hydroxyl groups is 1. The Bertz CT molecular complexity index is 1390. The Morgan fingerprint density at radius 1 is 1.02 bits per heavy atom. The molecule has 0 saturated heterocycles. The Balaban J connectivity index is 1.14. The van der Waals surface area contributed by atoms with Crippen molar-refractivity contribution >= 4 is 16.1 Å². The van der Waals surface area contributed by atoms with Gasteiger partial charge in [-0.2, -0.15) is 0 Å². The van der Waals surface area contributed by atoms with E-state index in [0.29, 0.717) is 13.1 Å². The van der Waals surface area contributed by atoms with Gasteiger partial charge in [0.2, 0.25) is 0 Å². The van der Waals surface area contributed by atoms with Gasteiger partial charge >= 0.3 is 6.03 Å². The third-order valence-electron chi connectivity index (χ3n) is 7.53. The molecule has 212 valence electrons. The lowest BCUT2D eigenvalue weighted by atomic mass is 9.96. The topological polar surface area (TPSA) is 130 Å². The van der Waals surface area contributed by atoms with E-state index in [1.54, 1.807) is 30.6 Å². The number of fused-ring (bicyclic) bond motifs is 1. The zero-order valence-electron chi connectivity index (χ0n) is 22.4. The molecule has 10 heteroatoms. The normalized spacial score (nSPS) is 18.3. The largest absolute Gasteiger partial charge is 0.489 e. The lowest BCUT2D eigenvalue weighted by molar-refractivity contribution is 0.146. The number of hydrogen-bond acceptors (Lipinski definition) is 7. The monoisotopic (exact) mass is 564 g/mol. The zero-order chi connectivity index (χ0) is 28.0. The molecule has 4 N–H and O–H groups in total. The predicted molar refractivity (Wildman–Crippen MR) is 152 cm³/mol. The van der Waals surface area contributed by atoms with Gasteiger partial charge < -0.3 is 20.5 Å². The van der Waals surface area contributed by atoms with Crippen LogP contribution in [-0.2, 0) is 16.4 Å². The summed E-state index contributed by atoms with van der Waals surface area (Å²) < 4.78 is 33.8. The van der Waals surface area contributed by atoms with Gasteiger partial charge in [0.15, 0.2) is 0 Å². The van der Waals surface area contributed by atoms with Crippen LogP contribution >= 0.6 is 0 Å². The number of aromatic nitrogens is 1. The SMILES string of the molecule is O=C(NC1CCCCC1)NS(=O)(=O)c1ccc(-c2ccc3c(c2)CCC(CNCC(O)c2cccnc2)O3)cc1. The van der Waals surface area contributed by atoms with Gasteiger partial charge in [-0.1, -0.05) is 43.5 Å². The number of sulfonamides is 1. The molecule has 2 aromatic carbocycles. The van der Waals surface area contributed by atoms with Crippen molar-refractivity contribution in [2.75, 3.05) is 13.1 Å². The number of amides is 2. The first-order chi connectivity index (χ1) is 19.4. The van der Waals surface area contributed by atoms with Crippen molar-refractivity contribution in [3.05, 3.63) is 78.1 Å². The van der Waals surface area contributed by atoms with Gasteiger partial charge in [-0.15, -0.1) is 0 Å². The van der Waals surface area contributed by atoms with E-state index in [4.69, 9.17) is 4.74 Å². The molecule has 1 saturated carbocycles. The van der Waals surface area contributed by atoms with E-state index < -0.39 is 22.2 Å². The van der Waals surface area contributed by atoms with Crippen molar-refractivity contribution in [2.45, 2.75) is 68.1 Å². The van der Waals surface area contributed by atoms with Gasteiger partial charge in [0.25, 0.3) is 10.0 Å². The Morgan fingerprint density at radius 3 is 2.55 bits per heavy atom. The summed E-state index contributed by atoms with van der Waals surface area (Å²) in [4.78, 5) is 16.4. The minimum Gasteiger partial charge on any atom is -0.489 e. The first kappa shape index (κ1) is 28.1. The van der Waals surface area contributed by atoms with E-state index in [2.05, 4.69) is 26.4 Å². The minimum absolute atomic E-state index is 0.00625. The highest BCUT2D eigenvalue weighted by molar-refractivity contribution is 7.90. The summed E-state index contributed by atoms with van der Waals surface area (Å²) in [7, 11) is -3.97. The third-order valence-corrected chi connectivity index (χ3v) is 8.88. The van der Waals surface area contributed by atoms with Gasteiger partial charge in [0.05, 0.1) is 11.0 Å². The number of carbonyl (C=O) groups is 1. The van der Waals surface area contributed by atoms with Crippen LogP contribution in [0.25, 0.3) is 11.1 Å². The van der Waals surface area contributed by atoms with Crippen LogP contribution in [0.5, 0.6) is 5.75 Å². The first-order valence-corrected chi connectivity index (χ1v) is 15.4. The third kappa shape index (κ3) is 7.18. The second-order valence-corrected chi connectivity index (χ2v) is 12.2. The van der Waals surface area contributed by atoms with Crippen LogP contribution in [0.1, 0.15) is 55.8 Å². The highest BCUT2D eigenvalue weighted by Crippen LogP contribution is 2.32. The van der Waals surface area contributed by atoms with Gasteiger partial charge in [0.1, 0.15) is 11.9 Å². The molecule has 1 aromatic heterocycles. The van der Waals surface area contributed by atoms with Crippen molar-refractivity contribution < 1.29 is 23.1 Å². The molecule has 9 nitrogen and oxygen atoms in total. The fraction of sp³-hybridized carbons (Fsp3) is 0.400. The van der Waals surface area contributed by atoms with Crippen molar-refractivity contribution in [3.8, 4) is 16.9 Å². The van der Waals surface area contributed by atoms with E-state index in [0.717, 1.165) is 72.9 Å². The molecule has 2 amide bonds. The summed E-state index contributed by atoms with van der Waals surface area (Å²) in [6.07, 6.45) is 9.43.